The van der Waals surface area contributed by atoms with Crippen LogP contribution in [-0.4, -0.2) is 61.4 Å². The van der Waals surface area contributed by atoms with Gasteiger partial charge in [-0.3, -0.25) is 14.4 Å². The number of rotatable bonds is 7. The van der Waals surface area contributed by atoms with Crippen LogP contribution in [0.25, 0.3) is 0 Å². The number of nitrogens with one attached hydrogen (secondary N) is 2. The van der Waals surface area contributed by atoms with Gasteiger partial charge in [0.15, 0.2) is 6.61 Å². The zero-order valence-corrected chi connectivity index (χ0v) is 16.0. The van der Waals surface area contributed by atoms with Gasteiger partial charge in [0.25, 0.3) is 5.91 Å². The van der Waals surface area contributed by atoms with Crippen molar-refractivity contribution in [3.05, 3.63) is 29.8 Å². The summed E-state index contributed by atoms with van der Waals surface area (Å²) >= 11 is 0. The first kappa shape index (κ1) is 20.1. The fourth-order valence-electron chi connectivity index (χ4n) is 3.69. The molecule has 152 valence electrons. The first-order chi connectivity index (χ1) is 13.5. The predicted molar refractivity (Wildman–Crippen MR) is 104 cm³/mol. The van der Waals surface area contributed by atoms with Crippen LogP contribution in [0.4, 0.5) is 0 Å². The zero-order valence-electron chi connectivity index (χ0n) is 16.0. The van der Waals surface area contributed by atoms with Gasteiger partial charge in [0.2, 0.25) is 11.8 Å². The Bertz CT molecular complexity index is 701. The number of likely N-dealkylation sites (tertiary alicyclic amines) is 1. The number of piperidine rings is 1. The van der Waals surface area contributed by atoms with Crippen LogP contribution < -0.4 is 21.1 Å². The van der Waals surface area contributed by atoms with E-state index in [-0.39, 0.29) is 30.4 Å². The van der Waals surface area contributed by atoms with Crippen molar-refractivity contribution in [3.8, 4) is 5.75 Å². The summed E-state index contributed by atoms with van der Waals surface area (Å²) in [5.74, 6) is 0.259. The number of nitrogens with two attached hydrogens (primary N) is 1. The van der Waals surface area contributed by atoms with Crippen molar-refractivity contribution >= 4 is 17.7 Å². The summed E-state index contributed by atoms with van der Waals surface area (Å²) < 4.78 is 5.54. The monoisotopic (exact) mass is 388 g/mol. The summed E-state index contributed by atoms with van der Waals surface area (Å²) in [5, 5.41) is 6.21. The highest BCUT2D eigenvalue weighted by molar-refractivity contribution is 5.92. The maximum Gasteiger partial charge on any atom is 0.260 e. The molecule has 2 saturated heterocycles. The number of hydrogen-bond acceptors (Lipinski definition) is 5. The number of primary amides is 1. The van der Waals surface area contributed by atoms with Gasteiger partial charge in [0.1, 0.15) is 5.75 Å². The van der Waals surface area contributed by atoms with Crippen LogP contribution in [0.2, 0.25) is 0 Å². The highest BCUT2D eigenvalue weighted by Gasteiger charge is 2.26. The maximum atomic E-state index is 12.5. The molecule has 3 amide bonds. The Morgan fingerprint density at radius 3 is 2.64 bits per heavy atom. The number of hydrogen-bond donors (Lipinski definition) is 3. The molecule has 2 heterocycles. The summed E-state index contributed by atoms with van der Waals surface area (Å²) in [6, 6.07) is 6.32. The molecular weight excluding hydrogens is 360 g/mol. The first-order valence-electron chi connectivity index (χ1n) is 9.84. The molecule has 1 aromatic carbocycles. The van der Waals surface area contributed by atoms with Gasteiger partial charge in [-0.15, -0.1) is 0 Å². The largest absolute Gasteiger partial charge is 0.484 e. The smallest absolute Gasteiger partial charge is 0.260 e. The van der Waals surface area contributed by atoms with Crippen LogP contribution in [0, 0.1) is 5.92 Å². The van der Waals surface area contributed by atoms with Gasteiger partial charge < -0.3 is 26.0 Å². The zero-order chi connectivity index (χ0) is 19.9. The van der Waals surface area contributed by atoms with Gasteiger partial charge in [-0.2, -0.15) is 0 Å². The molecule has 0 bridgehead atoms. The highest BCUT2D eigenvalue weighted by Crippen LogP contribution is 2.17. The minimum absolute atomic E-state index is 0.0546. The molecule has 2 unspecified atom stereocenters. The summed E-state index contributed by atoms with van der Waals surface area (Å²) in [5.41, 5.74) is 5.60. The molecule has 3 rings (SSSR count). The summed E-state index contributed by atoms with van der Waals surface area (Å²) in [6.07, 6.45) is 3.84. The molecule has 8 nitrogen and oxygen atoms in total. The molecule has 8 heteroatoms. The van der Waals surface area contributed by atoms with E-state index in [1.807, 2.05) is 0 Å². The second-order valence-corrected chi connectivity index (χ2v) is 7.42. The van der Waals surface area contributed by atoms with Crippen LogP contribution >= 0.6 is 0 Å². The van der Waals surface area contributed by atoms with E-state index in [4.69, 9.17) is 10.5 Å². The standard InChI is InChI=1S/C20H28N4O4/c21-19(26)15-5-7-16(8-6-15)28-13-18(25)24-10-2-3-14(12-24)11-23-20(27)17-4-1-9-22-17/h5-8,14,17,22H,1-4,9-13H2,(H2,21,26)(H,23,27). The Morgan fingerprint density at radius 1 is 1.18 bits per heavy atom. The third-order valence-electron chi connectivity index (χ3n) is 5.31. The van der Waals surface area contributed by atoms with Crippen molar-refractivity contribution in [2.75, 3.05) is 32.8 Å². The summed E-state index contributed by atoms with van der Waals surface area (Å²) in [6.45, 7) is 2.77. The van der Waals surface area contributed by atoms with Crippen LogP contribution in [0.15, 0.2) is 24.3 Å². The highest BCUT2D eigenvalue weighted by atomic mass is 16.5. The quantitative estimate of drug-likeness (QED) is 0.620. The lowest BCUT2D eigenvalue weighted by atomic mass is 9.97. The summed E-state index contributed by atoms with van der Waals surface area (Å²) in [4.78, 5) is 37.5. The average Bonchev–Trinajstić information content (AvgIpc) is 3.26. The molecular formula is C20H28N4O4. The maximum absolute atomic E-state index is 12.5. The molecule has 1 aromatic rings. The lowest BCUT2D eigenvalue weighted by Crippen LogP contribution is -2.47. The molecule has 28 heavy (non-hydrogen) atoms. The Balaban J connectivity index is 1.42. The normalized spacial score (nSPS) is 21.9. The predicted octanol–water partition coefficient (Wildman–Crippen LogP) is 0.271. The van der Waals surface area contributed by atoms with Crippen LogP contribution in [0.1, 0.15) is 36.0 Å². The van der Waals surface area contributed by atoms with Crippen LogP contribution in [0.3, 0.4) is 0 Å². The molecule has 0 saturated carbocycles. The van der Waals surface area contributed by atoms with E-state index in [0.29, 0.717) is 30.9 Å². The van der Waals surface area contributed by atoms with Gasteiger partial charge in [-0.05, 0) is 62.4 Å². The molecule has 0 spiro atoms. The molecule has 0 aliphatic carbocycles. The lowest BCUT2D eigenvalue weighted by Gasteiger charge is -2.33. The van der Waals surface area contributed by atoms with Gasteiger partial charge in [0.05, 0.1) is 6.04 Å². The van der Waals surface area contributed by atoms with Gasteiger partial charge in [-0.25, -0.2) is 0 Å². The Morgan fingerprint density at radius 2 is 1.96 bits per heavy atom. The van der Waals surface area contributed by atoms with Gasteiger partial charge in [0, 0.05) is 25.2 Å². The van der Waals surface area contributed by atoms with Crippen molar-refractivity contribution in [1.29, 1.82) is 0 Å². The van der Waals surface area contributed by atoms with E-state index in [1.54, 1.807) is 29.2 Å². The number of carbonyl (C=O) groups excluding carboxylic acids is 3. The Hall–Kier alpha value is -2.61. The van der Waals surface area contributed by atoms with Crippen LogP contribution in [-0.2, 0) is 9.59 Å². The summed E-state index contributed by atoms with van der Waals surface area (Å²) in [7, 11) is 0. The second-order valence-electron chi connectivity index (χ2n) is 7.42. The molecule has 0 aromatic heterocycles. The van der Waals surface area contributed by atoms with E-state index in [0.717, 1.165) is 32.2 Å². The number of amides is 3. The minimum Gasteiger partial charge on any atom is -0.484 e. The molecule has 2 aliphatic rings. The van der Waals surface area contributed by atoms with Gasteiger partial charge in [-0.1, -0.05) is 0 Å². The van der Waals surface area contributed by atoms with E-state index in [2.05, 4.69) is 10.6 Å². The third kappa shape index (κ3) is 5.45. The third-order valence-corrected chi connectivity index (χ3v) is 5.31. The molecule has 2 aliphatic heterocycles. The Kier molecular flexibility index (Phi) is 6.86. The van der Waals surface area contributed by atoms with E-state index < -0.39 is 5.91 Å². The molecule has 2 atom stereocenters. The van der Waals surface area contributed by atoms with Crippen molar-refractivity contribution in [2.45, 2.75) is 31.7 Å². The molecule has 2 fully saturated rings. The first-order valence-corrected chi connectivity index (χ1v) is 9.84. The fourth-order valence-corrected chi connectivity index (χ4v) is 3.69. The van der Waals surface area contributed by atoms with Crippen molar-refractivity contribution in [2.24, 2.45) is 11.7 Å². The average molecular weight is 388 g/mol. The fraction of sp³-hybridized carbons (Fsp3) is 0.550. The second kappa shape index (κ2) is 9.54. The van der Waals surface area contributed by atoms with E-state index in [1.165, 1.54) is 0 Å². The topological polar surface area (TPSA) is 114 Å². The number of benzene rings is 1. The molecule has 0 radical (unpaired) electrons. The number of nitrogens with zero attached hydrogens (tertiary/aromatic N) is 1. The van der Waals surface area contributed by atoms with E-state index in [9.17, 15) is 14.4 Å². The van der Waals surface area contributed by atoms with Crippen molar-refractivity contribution in [1.82, 2.24) is 15.5 Å². The van der Waals surface area contributed by atoms with Crippen molar-refractivity contribution in [3.63, 3.8) is 0 Å². The minimum atomic E-state index is -0.502. The number of carbonyl (C=O) groups is 3. The lowest BCUT2D eigenvalue weighted by molar-refractivity contribution is -0.135. The van der Waals surface area contributed by atoms with Gasteiger partial charge >= 0.3 is 0 Å². The Labute approximate surface area is 164 Å². The van der Waals surface area contributed by atoms with Crippen LogP contribution in [0.5, 0.6) is 5.75 Å². The molecule has 4 N–H and O–H groups in total. The van der Waals surface area contributed by atoms with Crippen molar-refractivity contribution < 1.29 is 19.1 Å². The van der Waals surface area contributed by atoms with E-state index >= 15 is 0 Å². The number of ether oxygens (including phenoxy) is 1. The SMILES string of the molecule is NC(=O)c1ccc(OCC(=O)N2CCCC(CNC(=O)C3CCCN3)C2)cc1.